The van der Waals surface area contributed by atoms with Gasteiger partial charge in [0, 0.05) is 31.7 Å². The molecule has 162 valence electrons. The van der Waals surface area contributed by atoms with Crippen LogP contribution in [0.4, 0.5) is 0 Å². The maximum absolute atomic E-state index is 9.60. The second-order valence-electron chi connectivity index (χ2n) is 11.6. The van der Waals surface area contributed by atoms with Crippen LogP contribution in [0.5, 0.6) is 0 Å². The Labute approximate surface area is 176 Å². The number of aliphatic hydroxyl groups is 2. The van der Waals surface area contributed by atoms with Crippen molar-refractivity contribution in [3.8, 4) is 0 Å². The van der Waals surface area contributed by atoms with E-state index in [2.05, 4.69) is 68.2 Å². The number of aliphatic hydroxyl groups excluding tert-OH is 2. The lowest BCUT2D eigenvalue weighted by Gasteiger charge is -2.22. The highest BCUT2D eigenvalue weighted by atomic mass is 16.3. The SMILES string of the molecule is CC1(C)C[C@@]12CN[C@H](CO)C2.CC1(C)C[C@]12C[C@@H](CO)N(Cc1ccccc1)C2. The summed E-state index contributed by atoms with van der Waals surface area (Å²) in [7, 11) is 0. The van der Waals surface area contributed by atoms with E-state index in [1.54, 1.807) is 0 Å². The van der Waals surface area contributed by atoms with Crippen molar-refractivity contribution in [1.29, 1.82) is 0 Å². The van der Waals surface area contributed by atoms with Gasteiger partial charge in [-0.2, -0.15) is 0 Å². The average molecular weight is 401 g/mol. The highest BCUT2D eigenvalue weighted by Crippen LogP contribution is 2.69. The van der Waals surface area contributed by atoms with Crippen LogP contribution in [0.2, 0.25) is 0 Å². The Balaban J connectivity index is 0.000000159. The summed E-state index contributed by atoms with van der Waals surface area (Å²) in [5, 5.41) is 21.9. The summed E-state index contributed by atoms with van der Waals surface area (Å²) in [6.07, 6.45) is 5.01. The van der Waals surface area contributed by atoms with Gasteiger partial charge in [0.1, 0.15) is 0 Å². The van der Waals surface area contributed by atoms with Crippen molar-refractivity contribution in [2.75, 3.05) is 26.3 Å². The largest absolute Gasteiger partial charge is 0.395 e. The van der Waals surface area contributed by atoms with Crippen molar-refractivity contribution in [1.82, 2.24) is 10.2 Å². The quantitative estimate of drug-likeness (QED) is 0.725. The van der Waals surface area contributed by atoms with Gasteiger partial charge >= 0.3 is 0 Å². The number of benzene rings is 1. The van der Waals surface area contributed by atoms with E-state index in [0.717, 1.165) is 19.6 Å². The predicted octanol–water partition coefficient (Wildman–Crippen LogP) is 3.43. The lowest BCUT2D eigenvalue weighted by atomic mass is 9.93. The lowest BCUT2D eigenvalue weighted by Crippen LogP contribution is -2.31. The van der Waals surface area contributed by atoms with Crippen LogP contribution in [0.25, 0.3) is 0 Å². The Kier molecular flexibility index (Phi) is 5.39. The Hall–Kier alpha value is -0.940. The van der Waals surface area contributed by atoms with Crippen molar-refractivity contribution in [2.24, 2.45) is 21.7 Å². The molecule has 3 N–H and O–H groups in total. The van der Waals surface area contributed by atoms with E-state index in [4.69, 9.17) is 5.11 Å². The van der Waals surface area contributed by atoms with E-state index in [1.807, 2.05) is 0 Å². The minimum absolute atomic E-state index is 0.296. The molecular weight excluding hydrogens is 360 g/mol. The number of hydrogen-bond donors (Lipinski definition) is 3. The predicted molar refractivity (Wildman–Crippen MR) is 117 cm³/mol. The van der Waals surface area contributed by atoms with Crippen molar-refractivity contribution >= 4 is 0 Å². The van der Waals surface area contributed by atoms with Crippen molar-refractivity contribution < 1.29 is 10.2 Å². The summed E-state index contributed by atoms with van der Waals surface area (Å²) in [5.41, 5.74) is 3.39. The summed E-state index contributed by atoms with van der Waals surface area (Å²) < 4.78 is 0. The maximum Gasteiger partial charge on any atom is 0.0587 e. The van der Waals surface area contributed by atoms with Crippen LogP contribution in [0, 0.1) is 21.7 Å². The fourth-order valence-electron chi connectivity index (χ4n) is 6.30. The molecule has 0 bridgehead atoms. The molecule has 2 saturated heterocycles. The molecule has 2 aliphatic heterocycles. The van der Waals surface area contributed by atoms with Gasteiger partial charge in [-0.3, -0.25) is 4.90 Å². The van der Waals surface area contributed by atoms with E-state index in [0.29, 0.717) is 47.0 Å². The molecule has 2 saturated carbocycles. The summed E-state index contributed by atoms with van der Waals surface area (Å²) in [5.74, 6) is 0. The lowest BCUT2D eigenvalue weighted by molar-refractivity contribution is 0.153. The van der Waals surface area contributed by atoms with E-state index in [9.17, 15) is 5.11 Å². The molecule has 0 amide bonds. The van der Waals surface area contributed by atoms with Crippen LogP contribution < -0.4 is 5.32 Å². The molecular formula is C25H40N2O2. The van der Waals surface area contributed by atoms with E-state index in [1.165, 1.54) is 31.2 Å². The van der Waals surface area contributed by atoms with E-state index >= 15 is 0 Å². The Morgan fingerprint density at radius 3 is 2.00 bits per heavy atom. The number of likely N-dealkylation sites (tertiary alicyclic amines) is 1. The number of hydrogen-bond acceptors (Lipinski definition) is 4. The molecule has 5 rings (SSSR count). The molecule has 0 radical (unpaired) electrons. The van der Waals surface area contributed by atoms with Crippen LogP contribution in [0.3, 0.4) is 0 Å². The fourth-order valence-corrected chi connectivity index (χ4v) is 6.30. The molecule has 2 heterocycles. The summed E-state index contributed by atoms with van der Waals surface area (Å²) >= 11 is 0. The summed E-state index contributed by atoms with van der Waals surface area (Å²) in [6, 6.07) is 11.3. The molecule has 4 nitrogen and oxygen atoms in total. The third kappa shape index (κ3) is 3.89. The molecule has 4 fully saturated rings. The standard InChI is InChI=1S/C16H23NO.C9H17NO/c1-15(2)11-16(15)8-14(10-18)17(12-16)9-13-6-4-3-5-7-13;1-8(2)5-9(8)3-7(4-11)10-6-9/h3-7,14,18H,8-12H2,1-2H3;7,10-11H,3-6H2,1-2H3/t14-,16-;7-,9-/m00/s1. The first-order chi connectivity index (χ1) is 13.7. The van der Waals surface area contributed by atoms with Crippen molar-refractivity contribution in [3.63, 3.8) is 0 Å². The molecule has 4 aliphatic rings. The van der Waals surface area contributed by atoms with Crippen LogP contribution in [-0.4, -0.2) is 53.5 Å². The molecule has 2 spiro atoms. The van der Waals surface area contributed by atoms with E-state index < -0.39 is 0 Å². The Morgan fingerprint density at radius 1 is 0.931 bits per heavy atom. The minimum Gasteiger partial charge on any atom is -0.395 e. The van der Waals surface area contributed by atoms with Gasteiger partial charge in [-0.25, -0.2) is 0 Å². The highest BCUT2D eigenvalue weighted by Gasteiger charge is 2.65. The third-order valence-corrected chi connectivity index (χ3v) is 8.86. The van der Waals surface area contributed by atoms with Crippen molar-refractivity contribution in [3.05, 3.63) is 35.9 Å². The third-order valence-electron chi connectivity index (χ3n) is 8.86. The van der Waals surface area contributed by atoms with Gasteiger partial charge < -0.3 is 15.5 Å². The second-order valence-corrected chi connectivity index (χ2v) is 11.6. The number of rotatable bonds is 4. The first-order valence-corrected chi connectivity index (χ1v) is 11.4. The van der Waals surface area contributed by atoms with Gasteiger partial charge in [0.2, 0.25) is 0 Å². The monoisotopic (exact) mass is 400 g/mol. The summed E-state index contributed by atoms with van der Waals surface area (Å²) in [6.45, 7) is 13.2. The van der Waals surface area contributed by atoms with Gasteiger partial charge in [-0.1, -0.05) is 58.0 Å². The minimum atomic E-state index is 0.296. The number of nitrogens with zero attached hydrogens (tertiary/aromatic N) is 1. The Bertz CT molecular complexity index is 719. The second kappa shape index (κ2) is 7.33. The fraction of sp³-hybridized carbons (Fsp3) is 0.760. The molecule has 2 aliphatic carbocycles. The Morgan fingerprint density at radius 2 is 1.55 bits per heavy atom. The molecule has 1 aromatic rings. The smallest absolute Gasteiger partial charge is 0.0587 e. The molecule has 0 unspecified atom stereocenters. The van der Waals surface area contributed by atoms with Gasteiger partial charge in [-0.15, -0.1) is 0 Å². The maximum atomic E-state index is 9.60. The van der Waals surface area contributed by atoms with Gasteiger partial charge in [-0.05, 0) is 52.9 Å². The first-order valence-electron chi connectivity index (χ1n) is 11.4. The molecule has 29 heavy (non-hydrogen) atoms. The topological polar surface area (TPSA) is 55.7 Å². The van der Waals surface area contributed by atoms with Crippen LogP contribution in [0.1, 0.15) is 58.9 Å². The van der Waals surface area contributed by atoms with Crippen LogP contribution >= 0.6 is 0 Å². The molecule has 4 heteroatoms. The molecule has 0 aromatic heterocycles. The number of nitrogens with one attached hydrogen (secondary N) is 1. The van der Waals surface area contributed by atoms with Gasteiger partial charge in [0.15, 0.2) is 0 Å². The zero-order valence-electron chi connectivity index (χ0n) is 18.7. The first kappa shape index (κ1) is 21.3. The highest BCUT2D eigenvalue weighted by molar-refractivity contribution is 5.19. The van der Waals surface area contributed by atoms with Crippen LogP contribution in [0.15, 0.2) is 30.3 Å². The zero-order chi connectivity index (χ0) is 20.9. The molecule has 4 atom stereocenters. The van der Waals surface area contributed by atoms with Crippen molar-refractivity contribution in [2.45, 2.75) is 72.0 Å². The van der Waals surface area contributed by atoms with Gasteiger partial charge in [0.05, 0.1) is 13.2 Å². The summed E-state index contributed by atoms with van der Waals surface area (Å²) in [4.78, 5) is 2.48. The average Bonchev–Trinajstić information content (AvgIpc) is 3.18. The zero-order valence-corrected chi connectivity index (χ0v) is 18.7. The van der Waals surface area contributed by atoms with Gasteiger partial charge in [0.25, 0.3) is 0 Å². The normalized spacial score (nSPS) is 38.8. The molecule has 1 aromatic carbocycles. The van der Waals surface area contributed by atoms with Crippen LogP contribution in [-0.2, 0) is 6.54 Å². The van der Waals surface area contributed by atoms with E-state index in [-0.39, 0.29) is 0 Å².